The quantitative estimate of drug-likeness (QED) is 0.650. The summed E-state index contributed by atoms with van der Waals surface area (Å²) in [6.45, 7) is 0.999. The smallest absolute Gasteiger partial charge is 0.414 e. The minimum Gasteiger partial charge on any atom is -0.443 e. The number of likely N-dealkylation sites (N-methyl/N-ethyl adjacent to an activating group) is 1. The van der Waals surface area contributed by atoms with E-state index in [2.05, 4.69) is 20.4 Å². The highest BCUT2D eigenvalue weighted by Crippen LogP contribution is 2.29. The molecular weight excluding hydrogens is 377 g/mol. The molecule has 0 N–H and O–H groups in total. The van der Waals surface area contributed by atoms with E-state index in [1.165, 1.54) is 15.8 Å². The molecule has 1 amide bonds. The number of aryl methyl sites for hydroxylation is 1. The molecule has 1 aliphatic heterocycles. The van der Waals surface area contributed by atoms with Crippen molar-refractivity contribution < 1.29 is 13.9 Å². The van der Waals surface area contributed by atoms with Crippen LogP contribution in [0.1, 0.15) is 0 Å². The number of halogens is 1. The molecule has 0 spiro atoms. The Balaban J connectivity index is 1.54. The zero-order valence-electron chi connectivity index (χ0n) is 16.3. The predicted molar refractivity (Wildman–Crippen MR) is 104 cm³/mol. The minimum absolute atomic E-state index is 0.244. The van der Waals surface area contributed by atoms with Gasteiger partial charge in [0.1, 0.15) is 17.6 Å². The fourth-order valence-electron chi connectivity index (χ4n) is 3.21. The van der Waals surface area contributed by atoms with Crippen molar-refractivity contribution in [2.24, 2.45) is 7.05 Å². The van der Waals surface area contributed by atoms with Gasteiger partial charge in [-0.2, -0.15) is 4.80 Å². The van der Waals surface area contributed by atoms with Crippen molar-refractivity contribution in [3.05, 3.63) is 42.3 Å². The summed E-state index contributed by atoms with van der Waals surface area (Å²) in [5.41, 5.74) is 2.00. The van der Waals surface area contributed by atoms with Crippen molar-refractivity contribution in [1.82, 2.24) is 30.1 Å². The Morgan fingerprint density at radius 3 is 2.72 bits per heavy atom. The number of ether oxygens (including phenoxy) is 1. The molecule has 4 rings (SSSR count). The van der Waals surface area contributed by atoms with Crippen molar-refractivity contribution >= 4 is 11.8 Å². The molecule has 3 heterocycles. The van der Waals surface area contributed by atoms with Crippen LogP contribution in [0.15, 0.2) is 36.5 Å². The van der Waals surface area contributed by atoms with Crippen LogP contribution in [-0.2, 0) is 11.8 Å². The van der Waals surface area contributed by atoms with E-state index < -0.39 is 11.9 Å². The van der Waals surface area contributed by atoms with Crippen LogP contribution in [-0.4, -0.2) is 69.5 Å². The minimum atomic E-state index is -0.466. The van der Waals surface area contributed by atoms with Crippen LogP contribution < -0.4 is 4.90 Å². The molecule has 0 saturated carbocycles. The third-order valence-corrected chi connectivity index (χ3v) is 4.52. The van der Waals surface area contributed by atoms with Crippen molar-refractivity contribution in [2.45, 2.75) is 6.10 Å². The first-order valence-electron chi connectivity index (χ1n) is 9.04. The molecule has 3 aromatic rings. The summed E-state index contributed by atoms with van der Waals surface area (Å²) in [4.78, 5) is 21.2. The van der Waals surface area contributed by atoms with Crippen LogP contribution in [0.4, 0.5) is 14.9 Å². The van der Waals surface area contributed by atoms with E-state index >= 15 is 0 Å². The Bertz CT molecular complexity index is 1040. The highest BCUT2D eigenvalue weighted by Gasteiger charge is 2.32. The lowest BCUT2D eigenvalue weighted by atomic mass is 10.1. The zero-order chi connectivity index (χ0) is 20.5. The number of aromatic nitrogens is 5. The van der Waals surface area contributed by atoms with E-state index in [9.17, 15) is 9.18 Å². The summed E-state index contributed by atoms with van der Waals surface area (Å²) in [6, 6.07) is 8.13. The standard InChI is InChI=1S/C19H20FN7O2/c1-25(2)10-14-11-27(19(28)29-14)13-5-6-15(16(20)8-13)12-4-7-17(21-9-12)18-22-24-26(3)23-18/h4-9,14H,10-11H2,1-3H3/t14-/m1/s1. The van der Waals surface area contributed by atoms with Gasteiger partial charge in [0.25, 0.3) is 0 Å². The Labute approximate surface area is 166 Å². The largest absolute Gasteiger partial charge is 0.443 e. The summed E-state index contributed by atoms with van der Waals surface area (Å²) in [7, 11) is 5.48. The second-order valence-electron chi connectivity index (χ2n) is 7.08. The second-order valence-corrected chi connectivity index (χ2v) is 7.08. The highest BCUT2D eigenvalue weighted by molar-refractivity contribution is 5.90. The highest BCUT2D eigenvalue weighted by atomic mass is 19.1. The predicted octanol–water partition coefficient (Wildman–Crippen LogP) is 1.96. The van der Waals surface area contributed by atoms with Crippen molar-refractivity contribution in [2.75, 3.05) is 32.1 Å². The molecule has 1 atom stereocenters. The number of carbonyl (C=O) groups is 1. The van der Waals surface area contributed by atoms with E-state index in [4.69, 9.17) is 4.74 Å². The van der Waals surface area contributed by atoms with Crippen molar-refractivity contribution in [3.63, 3.8) is 0 Å². The number of rotatable bonds is 5. The van der Waals surface area contributed by atoms with Gasteiger partial charge in [-0.1, -0.05) is 6.07 Å². The maximum Gasteiger partial charge on any atom is 0.414 e. The van der Waals surface area contributed by atoms with E-state index in [0.29, 0.717) is 41.4 Å². The lowest BCUT2D eigenvalue weighted by Crippen LogP contribution is -2.30. The SMILES string of the molecule is CN(C)C[C@@H]1CN(c2ccc(-c3ccc(-c4nnn(C)n4)nc3)c(F)c2)C(=O)O1. The van der Waals surface area contributed by atoms with Crippen LogP contribution in [0.5, 0.6) is 0 Å². The second kappa shape index (κ2) is 7.55. The average Bonchev–Trinajstić information content (AvgIpc) is 3.27. The molecule has 1 saturated heterocycles. The number of pyridine rings is 1. The Hall–Kier alpha value is -3.40. The molecule has 0 radical (unpaired) electrons. The van der Waals surface area contributed by atoms with E-state index in [-0.39, 0.29) is 6.10 Å². The van der Waals surface area contributed by atoms with E-state index in [1.54, 1.807) is 37.5 Å². The third-order valence-electron chi connectivity index (χ3n) is 4.52. The van der Waals surface area contributed by atoms with Crippen molar-refractivity contribution in [3.8, 4) is 22.6 Å². The number of tetrazole rings is 1. The van der Waals surface area contributed by atoms with Gasteiger partial charge in [-0.15, -0.1) is 10.2 Å². The maximum atomic E-state index is 14.8. The van der Waals surface area contributed by atoms with Gasteiger partial charge in [0.05, 0.1) is 19.3 Å². The number of hydrogen-bond acceptors (Lipinski definition) is 7. The van der Waals surface area contributed by atoms with Crippen LogP contribution in [0.3, 0.4) is 0 Å². The molecule has 0 bridgehead atoms. The molecule has 2 aromatic heterocycles. The first kappa shape index (κ1) is 18.9. The van der Waals surface area contributed by atoms with Crippen LogP contribution in [0.25, 0.3) is 22.6 Å². The van der Waals surface area contributed by atoms with Crippen LogP contribution in [0.2, 0.25) is 0 Å². The fraction of sp³-hybridized carbons (Fsp3) is 0.316. The van der Waals surface area contributed by atoms with E-state index in [1.807, 2.05) is 19.0 Å². The Morgan fingerprint density at radius 1 is 1.28 bits per heavy atom. The summed E-state index contributed by atoms with van der Waals surface area (Å²) in [5, 5.41) is 11.8. The third kappa shape index (κ3) is 3.92. The van der Waals surface area contributed by atoms with Gasteiger partial charge >= 0.3 is 6.09 Å². The lowest BCUT2D eigenvalue weighted by molar-refractivity contribution is 0.123. The molecule has 0 unspecified atom stereocenters. The zero-order valence-corrected chi connectivity index (χ0v) is 16.3. The van der Waals surface area contributed by atoms with Crippen LogP contribution in [0, 0.1) is 5.82 Å². The summed E-state index contributed by atoms with van der Waals surface area (Å²) in [5.74, 6) is -0.0479. The molecule has 10 heteroatoms. The molecule has 9 nitrogen and oxygen atoms in total. The summed E-state index contributed by atoms with van der Waals surface area (Å²) < 4.78 is 20.1. The van der Waals surface area contributed by atoms with Crippen molar-refractivity contribution in [1.29, 1.82) is 0 Å². The van der Waals surface area contributed by atoms with Gasteiger partial charge in [0.15, 0.2) is 0 Å². The van der Waals surface area contributed by atoms with Gasteiger partial charge in [-0.3, -0.25) is 9.88 Å². The van der Waals surface area contributed by atoms with Gasteiger partial charge in [-0.25, -0.2) is 9.18 Å². The first-order valence-corrected chi connectivity index (χ1v) is 9.04. The normalized spacial score (nSPS) is 16.5. The number of benzene rings is 1. The van der Waals surface area contributed by atoms with Gasteiger partial charge < -0.3 is 9.64 Å². The topological polar surface area (TPSA) is 89.3 Å². The molecule has 1 aromatic carbocycles. The molecule has 150 valence electrons. The van der Waals surface area contributed by atoms with Gasteiger partial charge in [-0.05, 0) is 43.6 Å². The Kier molecular flexibility index (Phi) is 4.93. The molecular formula is C19H20FN7O2. The first-order chi connectivity index (χ1) is 13.9. The monoisotopic (exact) mass is 397 g/mol. The molecule has 1 fully saturated rings. The van der Waals surface area contributed by atoms with E-state index in [0.717, 1.165) is 0 Å². The number of carbonyl (C=O) groups excluding carboxylic acids is 1. The maximum absolute atomic E-state index is 14.8. The summed E-state index contributed by atoms with van der Waals surface area (Å²) in [6.07, 6.45) is 0.847. The van der Waals surface area contributed by atoms with Gasteiger partial charge in [0.2, 0.25) is 5.82 Å². The number of anilines is 1. The number of cyclic esters (lactones) is 1. The number of hydrogen-bond donors (Lipinski definition) is 0. The van der Waals surface area contributed by atoms with Crippen LogP contribution >= 0.6 is 0 Å². The molecule has 29 heavy (non-hydrogen) atoms. The average molecular weight is 397 g/mol. The number of nitrogens with zero attached hydrogens (tertiary/aromatic N) is 7. The number of amides is 1. The fourth-order valence-corrected chi connectivity index (χ4v) is 3.21. The summed E-state index contributed by atoms with van der Waals surface area (Å²) >= 11 is 0. The molecule has 1 aliphatic rings. The molecule has 0 aliphatic carbocycles. The Morgan fingerprint density at radius 2 is 2.10 bits per heavy atom. The van der Waals surface area contributed by atoms with Gasteiger partial charge in [0, 0.05) is 23.9 Å². The lowest BCUT2D eigenvalue weighted by Gasteiger charge is -2.16.